The molecular weight excluding hydrogens is 130 g/mol. The zero-order valence-electron chi connectivity index (χ0n) is 6.89. The van der Waals surface area contributed by atoms with Crippen LogP contribution in [0.25, 0.3) is 0 Å². The molecule has 0 bridgehead atoms. The minimum Gasteiger partial charge on any atom is -0.466 e. The summed E-state index contributed by atoms with van der Waals surface area (Å²) in [7, 11) is 3.99. The Labute approximate surface area is 62.0 Å². The van der Waals surface area contributed by atoms with Gasteiger partial charge in [-0.25, -0.2) is 0 Å². The zero-order valence-corrected chi connectivity index (χ0v) is 6.89. The van der Waals surface area contributed by atoms with Gasteiger partial charge in [-0.15, -0.1) is 0 Å². The Balaban J connectivity index is 2.98. The second-order valence-corrected chi connectivity index (χ2v) is 2.50. The van der Waals surface area contributed by atoms with E-state index in [0.29, 0.717) is 6.61 Å². The third-order valence-electron chi connectivity index (χ3n) is 1.05. The van der Waals surface area contributed by atoms with Crippen LogP contribution in [0, 0.1) is 0 Å². The maximum absolute atomic E-state index is 10.3. The molecule has 0 heterocycles. The summed E-state index contributed by atoms with van der Waals surface area (Å²) in [5, 5.41) is 0. The van der Waals surface area contributed by atoms with Crippen LogP contribution in [0.1, 0.15) is 13.3 Å². The summed E-state index contributed by atoms with van der Waals surface area (Å²) in [6.07, 6.45) is 0.909. The molecule has 0 atom stereocenters. The van der Waals surface area contributed by atoms with Crippen LogP contribution in [-0.2, 0) is 9.53 Å². The number of hydrogen-bond acceptors (Lipinski definition) is 3. The SMILES string of the molecule is CC(=O)OCCCN(C)C. The topological polar surface area (TPSA) is 29.5 Å². The van der Waals surface area contributed by atoms with Gasteiger partial charge in [0.05, 0.1) is 6.61 Å². The standard InChI is InChI=1S/C7H15NO2/c1-7(9)10-6-4-5-8(2)3/h4-6H2,1-3H3. The number of nitrogens with zero attached hydrogens (tertiary/aromatic N) is 1. The van der Waals surface area contributed by atoms with Crippen molar-refractivity contribution in [2.45, 2.75) is 13.3 Å². The van der Waals surface area contributed by atoms with E-state index in [4.69, 9.17) is 4.74 Å². The Morgan fingerprint density at radius 3 is 2.50 bits per heavy atom. The van der Waals surface area contributed by atoms with Crippen LogP contribution >= 0.6 is 0 Å². The quantitative estimate of drug-likeness (QED) is 0.426. The number of hydrogen-bond donors (Lipinski definition) is 0. The molecule has 0 spiro atoms. The number of carbonyl (C=O) groups is 1. The lowest BCUT2D eigenvalue weighted by atomic mass is 10.4. The van der Waals surface area contributed by atoms with Gasteiger partial charge in [-0.3, -0.25) is 4.79 Å². The Kier molecular flexibility index (Phi) is 4.94. The van der Waals surface area contributed by atoms with Gasteiger partial charge in [0, 0.05) is 13.5 Å². The highest BCUT2D eigenvalue weighted by atomic mass is 16.5. The Morgan fingerprint density at radius 1 is 1.50 bits per heavy atom. The number of carbonyl (C=O) groups excluding carboxylic acids is 1. The normalized spacial score (nSPS) is 10.0. The van der Waals surface area contributed by atoms with E-state index in [1.807, 2.05) is 14.1 Å². The molecule has 0 amide bonds. The maximum Gasteiger partial charge on any atom is 0.302 e. The number of rotatable bonds is 4. The smallest absolute Gasteiger partial charge is 0.302 e. The molecule has 60 valence electrons. The summed E-state index contributed by atoms with van der Waals surface area (Å²) in [6, 6.07) is 0. The van der Waals surface area contributed by atoms with E-state index in [2.05, 4.69) is 4.90 Å². The van der Waals surface area contributed by atoms with Crippen molar-refractivity contribution in [2.75, 3.05) is 27.2 Å². The molecule has 0 aliphatic heterocycles. The first-order valence-corrected chi connectivity index (χ1v) is 3.41. The van der Waals surface area contributed by atoms with Crippen molar-refractivity contribution in [3.8, 4) is 0 Å². The van der Waals surface area contributed by atoms with Crippen molar-refractivity contribution >= 4 is 5.97 Å². The fourth-order valence-corrected chi connectivity index (χ4v) is 0.597. The van der Waals surface area contributed by atoms with E-state index in [9.17, 15) is 4.79 Å². The molecule has 0 aromatic heterocycles. The van der Waals surface area contributed by atoms with E-state index in [1.54, 1.807) is 0 Å². The molecule has 0 fully saturated rings. The molecule has 0 N–H and O–H groups in total. The molecule has 3 nitrogen and oxygen atoms in total. The molecule has 0 saturated heterocycles. The van der Waals surface area contributed by atoms with Gasteiger partial charge in [-0.1, -0.05) is 0 Å². The van der Waals surface area contributed by atoms with E-state index in [1.165, 1.54) is 6.92 Å². The second-order valence-electron chi connectivity index (χ2n) is 2.50. The highest BCUT2D eigenvalue weighted by Gasteiger charge is 1.92. The number of esters is 1. The lowest BCUT2D eigenvalue weighted by molar-refractivity contribution is -0.141. The van der Waals surface area contributed by atoms with Crippen molar-refractivity contribution in [3.05, 3.63) is 0 Å². The summed E-state index contributed by atoms with van der Waals surface area (Å²) in [5.74, 6) is -0.196. The number of ether oxygens (including phenoxy) is 1. The van der Waals surface area contributed by atoms with Crippen molar-refractivity contribution < 1.29 is 9.53 Å². The van der Waals surface area contributed by atoms with Crippen molar-refractivity contribution in [2.24, 2.45) is 0 Å². The van der Waals surface area contributed by atoms with Crippen LogP contribution in [-0.4, -0.2) is 38.1 Å². The van der Waals surface area contributed by atoms with Gasteiger partial charge in [0.15, 0.2) is 0 Å². The predicted octanol–water partition coefficient (Wildman–Crippen LogP) is 0.501. The molecular formula is C7H15NO2. The lowest BCUT2D eigenvalue weighted by Gasteiger charge is -2.08. The fraction of sp³-hybridized carbons (Fsp3) is 0.857. The monoisotopic (exact) mass is 145 g/mol. The maximum atomic E-state index is 10.3. The van der Waals surface area contributed by atoms with Gasteiger partial charge in [0.25, 0.3) is 0 Å². The summed E-state index contributed by atoms with van der Waals surface area (Å²) in [4.78, 5) is 12.3. The van der Waals surface area contributed by atoms with Gasteiger partial charge >= 0.3 is 5.97 Å². The second kappa shape index (κ2) is 5.23. The Morgan fingerprint density at radius 2 is 2.10 bits per heavy atom. The Bertz CT molecular complexity index is 102. The zero-order chi connectivity index (χ0) is 7.98. The van der Waals surface area contributed by atoms with Crippen LogP contribution in [0.5, 0.6) is 0 Å². The van der Waals surface area contributed by atoms with Gasteiger partial charge in [-0.05, 0) is 20.5 Å². The van der Waals surface area contributed by atoms with Crippen LogP contribution in [0.3, 0.4) is 0 Å². The third kappa shape index (κ3) is 7.43. The summed E-state index contributed by atoms with van der Waals surface area (Å²) >= 11 is 0. The highest BCUT2D eigenvalue weighted by molar-refractivity contribution is 5.65. The minimum atomic E-state index is -0.196. The van der Waals surface area contributed by atoms with Gasteiger partial charge in [0.2, 0.25) is 0 Å². The van der Waals surface area contributed by atoms with Gasteiger partial charge in [0.1, 0.15) is 0 Å². The molecule has 0 unspecified atom stereocenters. The van der Waals surface area contributed by atoms with Crippen LogP contribution in [0.15, 0.2) is 0 Å². The molecule has 0 aromatic carbocycles. The van der Waals surface area contributed by atoms with Crippen molar-refractivity contribution in [1.82, 2.24) is 4.90 Å². The first-order chi connectivity index (χ1) is 4.63. The average molecular weight is 145 g/mol. The molecule has 0 rings (SSSR count). The van der Waals surface area contributed by atoms with Crippen molar-refractivity contribution in [1.29, 1.82) is 0 Å². The summed E-state index contributed by atoms with van der Waals surface area (Å²) in [5.41, 5.74) is 0. The minimum absolute atomic E-state index is 0.196. The largest absolute Gasteiger partial charge is 0.466 e. The molecule has 0 aliphatic carbocycles. The molecule has 0 aliphatic rings. The lowest BCUT2D eigenvalue weighted by Crippen LogP contribution is -2.15. The molecule has 3 heteroatoms. The summed E-state index contributed by atoms with van der Waals surface area (Å²) in [6.45, 7) is 2.93. The fourth-order valence-electron chi connectivity index (χ4n) is 0.597. The highest BCUT2D eigenvalue weighted by Crippen LogP contribution is 1.85. The van der Waals surface area contributed by atoms with Crippen LogP contribution < -0.4 is 0 Å². The van der Waals surface area contributed by atoms with E-state index >= 15 is 0 Å². The molecule has 10 heavy (non-hydrogen) atoms. The van der Waals surface area contributed by atoms with E-state index in [0.717, 1.165) is 13.0 Å². The van der Waals surface area contributed by atoms with Crippen LogP contribution in [0.4, 0.5) is 0 Å². The third-order valence-corrected chi connectivity index (χ3v) is 1.05. The summed E-state index contributed by atoms with van der Waals surface area (Å²) < 4.78 is 4.73. The first-order valence-electron chi connectivity index (χ1n) is 3.41. The average Bonchev–Trinajstić information content (AvgIpc) is 1.79. The van der Waals surface area contributed by atoms with Crippen molar-refractivity contribution in [3.63, 3.8) is 0 Å². The predicted molar refractivity (Wildman–Crippen MR) is 39.8 cm³/mol. The van der Waals surface area contributed by atoms with Crippen LogP contribution in [0.2, 0.25) is 0 Å². The molecule has 0 saturated carbocycles. The van der Waals surface area contributed by atoms with Gasteiger partial charge < -0.3 is 9.64 Å². The van der Waals surface area contributed by atoms with E-state index in [-0.39, 0.29) is 5.97 Å². The van der Waals surface area contributed by atoms with E-state index < -0.39 is 0 Å². The first kappa shape index (κ1) is 9.43. The molecule has 0 radical (unpaired) electrons. The van der Waals surface area contributed by atoms with Gasteiger partial charge in [-0.2, -0.15) is 0 Å². The Hall–Kier alpha value is -0.570. The molecule has 0 aromatic rings.